The minimum absolute atomic E-state index is 0.0830. The van der Waals surface area contributed by atoms with Gasteiger partial charge in [0.25, 0.3) is 0 Å². The zero-order valence-electron chi connectivity index (χ0n) is 14.2. The average Bonchev–Trinajstić information content (AvgIpc) is 3.22. The van der Waals surface area contributed by atoms with Crippen molar-refractivity contribution in [3.8, 4) is 0 Å². The lowest BCUT2D eigenvalue weighted by Gasteiger charge is -2.23. The Balaban J connectivity index is 1.45. The molecule has 2 aromatic heterocycles. The number of nitrogens with one attached hydrogen (secondary N) is 1. The average molecular weight is 334 g/mol. The molecular formula is C15H22N6O3. The smallest absolute Gasteiger partial charge is 0.239 e. The lowest BCUT2D eigenvalue weighted by molar-refractivity contribution is -0.117. The minimum Gasteiger partial charge on any atom is -0.360 e. The number of hydrogen-bond donors (Lipinski definition) is 1. The summed E-state index contributed by atoms with van der Waals surface area (Å²) in [5, 5.41) is 10.4. The molecule has 9 nitrogen and oxygen atoms in total. The van der Waals surface area contributed by atoms with Crippen LogP contribution in [0.5, 0.6) is 0 Å². The molecule has 0 radical (unpaired) electrons. The van der Waals surface area contributed by atoms with Crippen LogP contribution in [-0.2, 0) is 11.3 Å². The van der Waals surface area contributed by atoms with Gasteiger partial charge in [-0.25, -0.2) is 0 Å². The van der Waals surface area contributed by atoms with E-state index in [-0.39, 0.29) is 5.91 Å². The maximum atomic E-state index is 12.1. The van der Waals surface area contributed by atoms with E-state index in [1.165, 1.54) is 0 Å². The summed E-state index contributed by atoms with van der Waals surface area (Å²) >= 11 is 0. The number of anilines is 1. The van der Waals surface area contributed by atoms with Crippen LogP contribution in [0.4, 0.5) is 5.82 Å². The van der Waals surface area contributed by atoms with Gasteiger partial charge in [0.2, 0.25) is 11.8 Å². The van der Waals surface area contributed by atoms with Crippen LogP contribution in [0.1, 0.15) is 23.9 Å². The summed E-state index contributed by atoms with van der Waals surface area (Å²) in [6.45, 7) is 6.26. The first kappa shape index (κ1) is 16.6. The molecule has 3 rings (SSSR count). The second kappa shape index (κ2) is 7.10. The molecule has 1 amide bonds. The van der Waals surface area contributed by atoms with Gasteiger partial charge < -0.3 is 14.4 Å². The normalized spacial score (nSPS) is 18.4. The van der Waals surface area contributed by atoms with Gasteiger partial charge in [-0.05, 0) is 20.4 Å². The third-order valence-electron chi connectivity index (χ3n) is 4.09. The summed E-state index contributed by atoms with van der Waals surface area (Å²) in [6.07, 6.45) is 1.00. The SMILES string of the molecule is Cc1cc(NC(=O)CN2CC[C@@H](N(C)Cc3noc(C)n3)C2)no1. The zero-order chi connectivity index (χ0) is 17.1. The molecule has 1 N–H and O–H groups in total. The predicted octanol–water partition coefficient (Wildman–Crippen LogP) is 0.819. The zero-order valence-corrected chi connectivity index (χ0v) is 14.2. The second-order valence-corrected chi connectivity index (χ2v) is 6.19. The number of carbonyl (C=O) groups is 1. The lowest BCUT2D eigenvalue weighted by Crippen LogP contribution is -2.37. The monoisotopic (exact) mass is 334 g/mol. The second-order valence-electron chi connectivity index (χ2n) is 6.19. The van der Waals surface area contributed by atoms with E-state index in [1.807, 2.05) is 7.05 Å². The van der Waals surface area contributed by atoms with Crippen molar-refractivity contribution in [2.75, 3.05) is 32.0 Å². The number of hydrogen-bond acceptors (Lipinski definition) is 8. The Morgan fingerprint density at radius 2 is 2.25 bits per heavy atom. The fourth-order valence-electron chi connectivity index (χ4n) is 2.88. The van der Waals surface area contributed by atoms with Crippen molar-refractivity contribution in [2.24, 2.45) is 0 Å². The Morgan fingerprint density at radius 3 is 2.92 bits per heavy atom. The third kappa shape index (κ3) is 4.18. The first-order valence-electron chi connectivity index (χ1n) is 7.94. The Kier molecular flexibility index (Phi) is 4.91. The molecule has 9 heteroatoms. The molecule has 0 saturated carbocycles. The summed E-state index contributed by atoms with van der Waals surface area (Å²) in [5.41, 5.74) is 0. The maximum Gasteiger partial charge on any atom is 0.239 e. The quantitative estimate of drug-likeness (QED) is 0.828. The molecule has 1 aliphatic rings. The van der Waals surface area contributed by atoms with Crippen molar-refractivity contribution in [3.05, 3.63) is 23.5 Å². The van der Waals surface area contributed by atoms with Gasteiger partial charge in [0, 0.05) is 32.1 Å². The number of likely N-dealkylation sites (N-methyl/N-ethyl adjacent to an activating group) is 1. The van der Waals surface area contributed by atoms with E-state index >= 15 is 0 Å². The Hall–Kier alpha value is -2.26. The van der Waals surface area contributed by atoms with Crippen LogP contribution in [0.25, 0.3) is 0 Å². The van der Waals surface area contributed by atoms with Gasteiger partial charge >= 0.3 is 0 Å². The largest absolute Gasteiger partial charge is 0.360 e. The number of rotatable bonds is 6. The molecule has 0 aliphatic carbocycles. The van der Waals surface area contributed by atoms with Crippen LogP contribution >= 0.6 is 0 Å². The molecule has 3 heterocycles. The standard InChI is InChI=1S/C15H22N6O3/c1-10-6-13(18-23-10)17-15(22)9-21-5-4-12(7-21)20(3)8-14-16-11(2)24-19-14/h6,12H,4-5,7-9H2,1-3H3,(H,17,18,22)/t12-/m1/s1. The summed E-state index contributed by atoms with van der Waals surface area (Å²) in [6, 6.07) is 2.07. The van der Waals surface area contributed by atoms with E-state index in [4.69, 9.17) is 9.05 Å². The number of aryl methyl sites for hydroxylation is 2. The number of amides is 1. The van der Waals surface area contributed by atoms with Crippen molar-refractivity contribution >= 4 is 11.7 Å². The predicted molar refractivity (Wildman–Crippen MR) is 85.2 cm³/mol. The maximum absolute atomic E-state index is 12.1. The molecular weight excluding hydrogens is 312 g/mol. The molecule has 1 saturated heterocycles. The van der Waals surface area contributed by atoms with E-state index in [1.54, 1.807) is 19.9 Å². The molecule has 0 spiro atoms. The van der Waals surface area contributed by atoms with Crippen LogP contribution in [0.3, 0.4) is 0 Å². The van der Waals surface area contributed by atoms with Gasteiger partial charge in [-0.15, -0.1) is 0 Å². The van der Waals surface area contributed by atoms with Gasteiger partial charge in [-0.3, -0.25) is 14.6 Å². The topological polar surface area (TPSA) is 101 Å². The van der Waals surface area contributed by atoms with Crippen molar-refractivity contribution in [1.82, 2.24) is 25.1 Å². The van der Waals surface area contributed by atoms with Crippen LogP contribution in [0.15, 0.2) is 15.1 Å². The summed E-state index contributed by atoms with van der Waals surface area (Å²) in [5.74, 6) is 2.31. The van der Waals surface area contributed by atoms with Crippen LogP contribution < -0.4 is 5.32 Å². The number of likely N-dealkylation sites (tertiary alicyclic amines) is 1. The van der Waals surface area contributed by atoms with Crippen molar-refractivity contribution in [1.29, 1.82) is 0 Å². The number of aromatic nitrogens is 3. The van der Waals surface area contributed by atoms with Gasteiger partial charge in [-0.2, -0.15) is 4.98 Å². The first-order valence-corrected chi connectivity index (χ1v) is 7.94. The lowest BCUT2D eigenvalue weighted by atomic mass is 10.2. The Labute approximate surface area is 140 Å². The highest BCUT2D eigenvalue weighted by molar-refractivity contribution is 5.91. The number of carbonyl (C=O) groups excluding carboxylic acids is 1. The van der Waals surface area contributed by atoms with E-state index in [0.29, 0.717) is 42.4 Å². The summed E-state index contributed by atoms with van der Waals surface area (Å²) < 4.78 is 9.93. The van der Waals surface area contributed by atoms with E-state index in [0.717, 1.165) is 19.5 Å². The van der Waals surface area contributed by atoms with Crippen LogP contribution in [0.2, 0.25) is 0 Å². The first-order chi connectivity index (χ1) is 11.5. The van der Waals surface area contributed by atoms with Crippen molar-refractivity contribution in [2.45, 2.75) is 32.9 Å². The fraction of sp³-hybridized carbons (Fsp3) is 0.600. The fourth-order valence-corrected chi connectivity index (χ4v) is 2.88. The molecule has 0 unspecified atom stereocenters. The molecule has 0 bridgehead atoms. The molecule has 130 valence electrons. The Bertz CT molecular complexity index is 697. The van der Waals surface area contributed by atoms with Gasteiger partial charge in [0.15, 0.2) is 11.6 Å². The summed E-state index contributed by atoms with van der Waals surface area (Å²) in [4.78, 5) is 20.6. The molecule has 0 aromatic carbocycles. The van der Waals surface area contributed by atoms with Gasteiger partial charge in [0.05, 0.1) is 13.1 Å². The molecule has 1 aliphatic heterocycles. The highest BCUT2D eigenvalue weighted by atomic mass is 16.5. The van der Waals surface area contributed by atoms with Crippen LogP contribution in [0, 0.1) is 13.8 Å². The molecule has 2 aromatic rings. The molecule has 1 atom stereocenters. The van der Waals surface area contributed by atoms with E-state index in [9.17, 15) is 4.79 Å². The van der Waals surface area contributed by atoms with Crippen LogP contribution in [-0.4, -0.2) is 63.7 Å². The molecule has 24 heavy (non-hydrogen) atoms. The van der Waals surface area contributed by atoms with E-state index in [2.05, 4.69) is 30.4 Å². The van der Waals surface area contributed by atoms with Crippen molar-refractivity contribution < 1.29 is 13.8 Å². The molecule has 1 fully saturated rings. The Morgan fingerprint density at radius 1 is 1.42 bits per heavy atom. The van der Waals surface area contributed by atoms with Gasteiger partial charge in [-0.1, -0.05) is 10.3 Å². The van der Waals surface area contributed by atoms with Gasteiger partial charge in [0.1, 0.15) is 5.76 Å². The summed E-state index contributed by atoms with van der Waals surface area (Å²) in [7, 11) is 2.04. The highest BCUT2D eigenvalue weighted by Gasteiger charge is 2.27. The third-order valence-corrected chi connectivity index (χ3v) is 4.09. The number of nitrogens with zero attached hydrogens (tertiary/aromatic N) is 5. The highest BCUT2D eigenvalue weighted by Crippen LogP contribution is 2.16. The van der Waals surface area contributed by atoms with Crippen molar-refractivity contribution in [3.63, 3.8) is 0 Å². The minimum atomic E-state index is -0.0830. The van der Waals surface area contributed by atoms with E-state index < -0.39 is 0 Å².